The summed E-state index contributed by atoms with van der Waals surface area (Å²) in [5, 5.41) is 4.66. The fourth-order valence-corrected chi connectivity index (χ4v) is 3.79. The van der Waals surface area contributed by atoms with Gasteiger partial charge in [0.25, 0.3) is 5.91 Å². The largest absolute Gasteiger partial charge is 0.489 e. The van der Waals surface area contributed by atoms with E-state index >= 15 is 0 Å². The first-order chi connectivity index (χ1) is 14.5. The van der Waals surface area contributed by atoms with Crippen molar-refractivity contribution in [3.63, 3.8) is 0 Å². The Labute approximate surface area is 181 Å². The van der Waals surface area contributed by atoms with Crippen molar-refractivity contribution in [2.75, 3.05) is 31.1 Å². The maximum absolute atomic E-state index is 13.0. The van der Waals surface area contributed by atoms with Crippen LogP contribution in [0, 0.1) is 13.8 Å². The molecule has 156 valence electrons. The first kappa shape index (κ1) is 20.3. The maximum atomic E-state index is 13.0. The molecule has 1 amide bonds. The van der Waals surface area contributed by atoms with Crippen LogP contribution in [0.3, 0.4) is 0 Å². The molecule has 1 fully saturated rings. The smallest absolute Gasteiger partial charge is 0.254 e. The number of halogens is 1. The lowest BCUT2D eigenvalue weighted by molar-refractivity contribution is 0.0746. The summed E-state index contributed by atoms with van der Waals surface area (Å²) in [5.74, 6) is 1.42. The molecular formula is C23H24ClN3O3. The van der Waals surface area contributed by atoms with Crippen LogP contribution in [0.2, 0.25) is 5.02 Å². The van der Waals surface area contributed by atoms with Gasteiger partial charge in [-0.15, -0.1) is 0 Å². The molecule has 1 aromatic heterocycles. The number of benzene rings is 2. The molecule has 4 rings (SSSR count). The van der Waals surface area contributed by atoms with Gasteiger partial charge in [-0.3, -0.25) is 4.79 Å². The third-order valence-corrected chi connectivity index (χ3v) is 5.62. The van der Waals surface area contributed by atoms with E-state index in [1.54, 1.807) is 6.07 Å². The van der Waals surface area contributed by atoms with Gasteiger partial charge in [0.15, 0.2) is 0 Å². The predicted molar refractivity (Wildman–Crippen MR) is 116 cm³/mol. The van der Waals surface area contributed by atoms with Gasteiger partial charge < -0.3 is 19.1 Å². The first-order valence-corrected chi connectivity index (χ1v) is 10.3. The predicted octanol–water partition coefficient (Wildman–Crippen LogP) is 4.49. The molecular weight excluding hydrogens is 402 g/mol. The van der Waals surface area contributed by atoms with Crippen LogP contribution in [-0.2, 0) is 6.61 Å². The number of aryl methyl sites for hydroxylation is 2. The van der Waals surface area contributed by atoms with Gasteiger partial charge in [-0.05, 0) is 50.2 Å². The van der Waals surface area contributed by atoms with Crippen molar-refractivity contribution >= 4 is 23.2 Å². The molecule has 0 saturated carbocycles. The molecule has 0 radical (unpaired) electrons. The fraction of sp³-hybridized carbons (Fsp3) is 0.304. The summed E-state index contributed by atoms with van der Waals surface area (Å²) in [4.78, 5) is 17.1. The maximum Gasteiger partial charge on any atom is 0.254 e. The number of hydrogen-bond acceptors (Lipinski definition) is 5. The normalized spacial score (nSPS) is 14.1. The SMILES string of the molecule is Cc1noc(C)c1COc1cccc(C(=O)N2CCN(c3cccc(Cl)c3)CC2)c1. The Hall–Kier alpha value is -2.99. The van der Waals surface area contributed by atoms with Crippen molar-refractivity contribution in [3.05, 3.63) is 76.1 Å². The molecule has 0 spiro atoms. The van der Waals surface area contributed by atoms with E-state index < -0.39 is 0 Å². The van der Waals surface area contributed by atoms with Crippen molar-refractivity contribution in [3.8, 4) is 5.75 Å². The molecule has 6 nitrogen and oxygen atoms in total. The third kappa shape index (κ3) is 4.44. The highest BCUT2D eigenvalue weighted by atomic mass is 35.5. The Morgan fingerprint density at radius 1 is 1.10 bits per heavy atom. The minimum atomic E-state index is 0.0172. The third-order valence-electron chi connectivity index (χ3n) is 5.39. The van der Waals surface area contributed by atoms with E-state index in [0.29, 0.717) is 31.0 Å². The van der Waals surface area contributed by atoms with Crippen LogP contribution in [0.5, 0.6) is 5.75 Å². The molecule has 2 heterocycles. The van der Waals surface area contributed by atoms with Crippen LogP contribution in [0.1, 0.15) is 27.4 Å². The second kappa shape index (κ2) is 8.79. The number of nitrogens with zero attached hydrogens (tertiary/aromatic N) is 3. The number of hydrogen-bond donors (Lipinski definition) is 0. The molecule has 0 atom stereocenters. The fourth-order valence-electron chi connectivity index (χ4n) is 3.61. The molecule has 0 N–H and O–H groups in total. The molecule has 3 aromatic rings. The van der Waals surface area contributed by atoms with Crippen LogP contribution < -0.4 is 9.64 Å². The van der Waals surface area contributed by atoms with E-state index in [4.69, 9.17) is 20.9 Å². The highest BCUT2D eigenvalue weighted by molar-refractivity contribution is 6.30. The van der Waals surface area contributed by atoms with Crippen LogP contribution in [0.4, 0.5) is 5.69 Å². The summed E-state index contributed by atoms with van der Waals surface area (Å²) in [6.07, 6.45) is 0. The molecule has 0 aliphatic carbocycles. The van der Waals surface area contributed by atoms with Gasteiger partial charge in [0, 0.05) is 42.5 Å². The lowest BCUT2D eigenvalue weighted by Gasteiger charge is -2.36. The van der Waals surface area contributed by atoms with Gasteiger partial charge in [-0.25, -0.2) is 0 Å². The average Bonchev–Trinajstić information content (AvgIpc) is 3.09. The number of ether oxygens (including phenoxy) is 1. The van der Waals surface area contributed by atoms with E-state index in [-0.39, 0.29) is 5.91 Å². The van der Waals surface area contributed by atoms with Crippen molar-refractivity contribution in [2.45, 2.75) is 20.5 Å². The zero-order valence-electron chi connectivity index (χ0n) is 17.1. The van der Waals surface area contributed by atoms with Gasteiger partial charge in [0.05, 0.1) is 11.3 Å². The number of aromatic nitrogens is 1. The molecule has 0 unspecified atom stereocenters. The van der Waals surface area contributed by atoms with Gasteiger partial charge in [0.2, 0.25) is 0 Å². The lowest BCUT2D eigenvalue weighted by Crippen LogP contribution is -2.48. The summed E-state index contributed by atoms with van der Waals surface area (Å²) in [6.45, 7) is 6.98. The second-order valence-corrected chi connectivity index (χ2v) is 7.81. The highest BCUT2D eigenvalue weighted by Gasteiger charge is 2.23. The summed E-state index contributed by atoms with van der Waals surface area (Å²) in [7, 11) is 0. The minimum absolute atomic E-state index is 0.0172. The van der Waals surface area contributed by atoms with Crippen LogP contribution >= 0.6 is 11.6 Å². The summed E-state index contributed by atoms with van der Waals surface area (Å²) >= 11 is 6.10. The van der Waals surface area contributed by atoms with Gasteiger partial charge >= 0.3 is 0 Å². The Kier molecular flexibility index (Phi) is 5.95. The van der Waals surface area contributed by atoms with E-state index in [1.807, 2.05) is 61.2 Å². The average molecular weight is 426 g/mol. The second-order valence-electron chi connectivity index (χ2n) is 7.38. The quantitative estimate of drug-likeness (QED) is 0.603. The van der Waals surface area contributed by atoms with Crippen LogP contribution in [0.25, 0.3) is 0 Å². The summed E-state index contributed by atoms with van der Waals surface area (Å²) < 4.78 is 11.1. The van der Waals surface area contributed by atoms with Gasteiger partial charge in [0.1, 0.15) is 18.1 Å². The lowest BCUT2D eigenvalue weighted by atomic mass is 10.1. The zero-order chi connectivity index (χ0) is 21.1. The molecule has 1 aliphatic rings. The van der Waals surface area contributed by atoms with E-state index in [2.05, 4.69) is 10.1 Å². The number of piperazine rings is 1. The molecule has 2 aromatic carbocycles. The molecule has 1 aliphatic heterocycles. The Bertz CT molecular complexity index is 1020. The Morgan fingerprint density at radius 2 is 1.87 bits per heavy atom. The zero-order valence-corrected chi connectivity index (χ0v) is 17.9. The number of rotatable bonds is 5. The minimum Gasteiger partial charge on any atom is -0.489 e. The summed E-state index contributed by atoms with van der Waals surface area (Å²) in [6, 6.07) is 15.1. The highest BCUT2D eigenvalue weighted by Crippen LogP contribution is 2.23. The van der Waals surface area contributed by atoms with Crippen LogP contribution in [-0.4, -0.2) is 42.1 Å². The summed E-state index contributed by atoms with van der Waals surface area (Å²) in [5.41, 5.74) is 3.47. The van der Waals surface area contributed by atoms with Crippen molar-refractivity contribution in [1.29, 1.82) is 0 Å². The van der Waals surface area contributed by atoms with Crippen LogP contribution in [0.15, 0.2) is 53.1 Å². The first-order valence-electron chi connectivity index (χ1n) is 9.95. The van der Waals surface area contributed by atoms with Crippen molar-refractivity contribution in [2.24, 2.45) is 0 Å². The van der Waals surface area contributed by atoms with Crippen molar-refractivity contribution < 1.29 is 14.1 Å². The van der Waals surface area contributed by atoms with E-state index in [1.165, 1.54) is 0 Å². The molecule has 30 heavy (non-hydrogen) atoms. The van der Waals surface area contributed by atoms with Crippen molar-refractivity contribution in [1.82, 2.24) is 10.1 Å². The Morgan fingerprint density at radius 3 is 2.57 bits per heavy atom. The molecule has 1 saturated heterocycles. The molecule has 7 heteroatoms. The standard InChI is InChI=1S/C23H24ClN3O3/c1-16-22(17(2)30-25-16)15-29-21-8-3-5-18(13-21)23(28)27-11-9-26(10-12-27)20-7-4-6-19(24)14-20/h3-8,13-14H,9-12,15H2,1-2H3. The molecule has 0 bridgehead atoms. The van der Waals surface area contributed by atoms with E-state index in [0.717, 1.165) is 40.8 Å². The number of carbonyl (C=O) groups excluding carboxylic acids is 1. The van der Waals surface area contributed by atoms with E-state index in [9.17, 15) is 4.79 Å². The number of anilines is 1. The van der Waals surface area contributed by atoms with Gasteiger partial charge in [-0.1, -0.05) is 28.9 Å². The number of carbonyl (C=O) groups is 1. The Balaban J connectivity index is 1.37. The van der Waals surface area contributed by atoms with Gasteiger partial charge in [-0.2, -0.15) is 0 Å². The monoisotopic (exact) mass is 425 g/mol. The number of amides is 1. The topological polar surface area (TPSA) is 58.8 Å².